The number of hydrogen-bond donors (Lipinski definition) is 2. The molecule has 174 valence electrons. The van der Waals surface area contributed by atoms with Crippen LogP contribution in [0.2, 0.25) is 0 Å². The van der Waals surface area contributed by atoms with Gasteiger partial charge in [-0.2, -0.15) is 0 Å². The molecule has 0 radical (unpaired) electrons. The highest BCUT2D eigenvalue weighted by Gasteiger charge is 2.36. The van der Waals surface area contributed by atoms with E-state index in [1.165, 1.54) is 0 Å². The first-order valence-electron chi connectivity index (χ1n) is 11.1. The number of hydrogen-bond acceptors (Lipinski definition) is 9. The number of nitrogens with one attached hydrogen (secondary N) is 1. The number of anilines is 2. The van der Waals surface area contributed by atoms with E-state index < -0.39 is 0 Å². The third kappa shape index (κ3) is 4.65. The van der Waals surface area contributed by atoms with Crippen LogP contribution < -0.4 is 16.0 Å². The summed E-state index contributed by atoms with van der Waals surface area (Å²) in [6.07, 6.45) is 2.14. The summed E-state index contributed by atoms with van der Waals surface area (Å²) in [4.78, 5) is 25.4. The Hall–Kier alpha value is -3.53. The number of benzene rings is 1. The molecule has 3 N–H and O–H groups in total. The van der Waals surface area contributed by atoms with Crippen molar-refractivity contribution in [1.29, 1.82) is 0 Å². The van der Waals surface area contributed by atoms with E-state index in [0.717, 1.165) is 17.7 Å². The molecule has 10 heteroatoms. The Kier molecular flexibility index (Phi) is 6.28. The van der Waals surface area contributed by atoms with Crippen molar-refractivity contribution in [2.24, 2.45) is 0 Å². The van der Waals surface area contributed by atoms with Crippen LogP contribution in [-0.4, -0.2) is 63.2 Å². The Balaban J connectivity index is 1.57. The van der Waals surface area contributed by atoms with Crippen molar-refractivity contribution < 1.29 is 9.21 Å². The second kappa shape index (κ2) is 9.14. The summed E-state index contributed by atoms with van der Waals surface area (Å²) in [6.45, 7) is 8.69. The van der Waals surface area contributed by atoms with E-state index in [1.54, 1.807) is 6.20 Å². The number of aromatic nitrogens is 4. The van der Waals surface area contributed by atoms with Gasteiger partial charge in [0.1, 0.15) is 5.82 Å². The molecule has 0 saturated carbocycles. The molecule has 0 unspecified atom stereocenters. The van der Waals surface area contributed by atoms with Crippen LogP contribution in [0.4, 0.5) is 11.6 Å². The quantitative estimate of drug-likeness (QED) is 0.582. The first kappa shape index (κ1) is 22.7. The van der Waals surface area contributed by atoms with Crippen molar-refractivity contribution >= 4 is 17.5 Å². The zero-order valence-corrected chi connectivity index (χ0v) is 19.5. The Morgan fingerprint density at radius 2 is 1.91 bits per heavy atom. The Labute approximate surface area is 193 Å². The second-order valence-corrected chi connectivity index (χ2v) is 8.73. The van der Waals surface area contributed by atoms with Crippen LogP contribution in [0.3, 0.4) is 0 Å². The van der Waals surface area contributed by atoms with E-state index >= 15 is 0 Å². The van der Waals surface area contributed by atoms with Crippen LogP contribution in [-0.2, 0) is 11.3 Å². The van der Waals surface area contributed by atoms with Gasteiger partial charge < -0.3 is 25.3 Å². The summed E-state index contributed by atoms with van der Waals surface area (Å²) in [5.74, 6) is 1.64. The normalized spacial score (nSPS) is 15.6. The Morgan fingerprint density at radius 3 is 2.58 bits per heavy atom. The van der Waals surface area contributed by atoms with Crippen LogP contribution in [0, 0.1) is 0 Å². The molecule has 0 atom stereocenters. The molecule has 0 aliphatic carbocycles. The highest BCUT2D eigenvalue weighted by atomic mass is 16.4. The minimum atomic E-state index is -0.328. The fourth-order valence-corrected chi connectivity index (χ4v) is 4.11. The molecule has 33 heavy (non-hydrogen) atoms. The van der Waals surface area contributed by atoms with Crippen molar-refractivity contribution in [3.8, 4) is 23.0 Å². The maximum atomic E-state index is 12.3. The smallest absolute Gasteiger partial charge is 0.270 e. The number of rotatable bonds is 6. The molecule has 0 bridgehead atoms. The highest BCUT2D eigenvalue weighted by molar-refractivity contribution is 5.77. The molecular weight excluding hydrogens is 420 g/mol. The van der Waals surface area contributed by atoms with Crippen molar-refractivity contribution in [2.75, 3.05) is 37.3 Å². The maximum Gasteiger partial charge on any atom is 0.270 e. The molecule has 1 aliphatic heterocycles. The molecule has 1 aromatic carbocycles. The summed E-state index contributed by atoms with van der Waals surface area (Å²) < 4.78 is 5.89. The number of carbonyl (C=O) groups excluding carboxylic acids is 1. The average Bonchev–Trinajstić information content (AvgIpc) is 3.29. The Morgan fingerprint density at radius 1 is 1.18 bits per heavy atom. The average molecular weight is 451 g/mol. The number of piperazine rings is 1. The van der Waals surface area contributed by atoms with Crippen molar-refractivity contribution in [2.45, 2.75) is 39.3 Å². The van der Waals surface area contributed by atoms with Crippen LogP contribution in [0.25, 0.3) is 23.0 Å². The van der Waals surface area contributed by atoms with Crippen LogP contribution in [0.5, 0.6) is 0 Å². The van der Waals surface area contributed by atoms with Crippen molar-refractivity contribution in [3.63, 3.8) is 0 Å². The van der Waals surface area contributed by atoms with Crippen LogP contribution >= 0.6 is 0 Å². The monoisotopic (exact) mass is 450 g/mol. The molecule has 10 nitrogen and oxygen atoms in total. The van der Waals surface area contributed by atoms with Gasteiger partial charge in [0.05, 0.1) is 11.7 Å². The van der Waals surface area contributed by atoms with Gasteiger partial charge in [-0.3, -0.25) is 4.79 Å². The third-order valence-electron chi connectivity index (χ3n) is 5.83. The lowest BCUT2D eigenvalue weighted by Gasteiger charge is -2.47. The number of carbonyl (C=O) groups is 1. The van der Waals surface area contributed by atoms with Gasteiger partial charge >= 0.3 is 0 Å². The van der Waals surface area contributed by atoms with E-state index in [9.17, 15) is 4.79 Å². The number of nitrogen functional groups attached to an aromatic ring is 1. The summed E-state index contributed by atoms with van der Waals surface area (Å²) in [7, 11) is 1.91. The molecule has 1 saturated heterocycles. The van der Waals surface area contributed by atoms with Gasteiger partial charge in [-0.15, -0.1) is 10.2 Å². The van der Waals surface area contributed by atoms with Gasteiger partial charge in [-0.25, -0.2) is 9.97 Å². The lowest BCUT2D eigenvalue weighted by molar-refractivity contribution is -0.136. The van der Waals surface area contributed by atoms with Gasteiger partial charge in [-0.1, -0.05) is 19.1 Å². The maximum absolute atomic E-state index is 12.3. The first-order valence-corrected chi connectivity index (χ1v) is 11.1. The van der Waals surface area contributed by atoms with E-state index in [4.69, 9.17) is 15.1 Å². The number of nitrogens with zero attached hydrogens (tertiary/aromatic N) is 6. The lowest BCUT2D eigenvalue weighted by Crippen LogP contribution is -2.61. The van der Waals surface area contributed by atoms with Crippen LogP contribution in [0.1, 0.15) is 32.8 Å². The van der Waals surface area contributed by atoms with Gasteiger partial charge in [-0.05, 0) is 38.6 Å². The van der Waals surface area contributed by atoms with E-state index in [-0.39, 0.29) is 23.2 Å². The molecule has 2 aromatic heterocycles. The molecule has 1 aliphatic rings. The lowest BCUT2D eigenvalue weighted by atomic mass is 9.98. The van der Waals surface area contributed by atoms with E-state index in [0.29, 0.717) is 43.5 Å². The minimum absolute atomic E-state index is 0.154. The Bertz CT molecular complexity index is 1130. The number of nitrogens with two attached hydrogens (primary N) is 1. The predicted molar refractivity (Wildman–Crippen MR) is 126 cm³/mol. The van der Waals surface area contributed by atoms with Gasteiger partial charge in [0.2, 0.25) is 11.8 Å². The standard InChI is InChI=1S/C23H30N8O2/c1-5-18(32)31-11-10-30(14-23(31,2)3)17-13-26-20(24)19(27-17)22-29-28-21(33-22)16-8-6-15(7-9-16)12-25-4/h6-9,13,25H,5,10-12,14H2,1-4H3,(H2,24,26). The van der Waals surface area contributed by atoms with Crippen molar-refractivity contribution in [1.82, 2.24) is 30.4 Å². The fraction of sp³-hybridized carbons (Fsp3) is 0.435. The summed E-state index contributed by atoms with van der Waals surface area (Å²) >= 11 is 0. The molecule has 1 amide bonds. The third-order valence-corrected chi connectivity index (χ3v) is 5.83. The van der Waals surface area contributed by atoms with Gasteiger partial charge in [0, 0.05) is 38.2 Å². The fourth-order valence-electron chi connectivity index (χ4n) is 4.11. The van der Waals surface area contributed by atoms with E-state index in [2.05, 4.69) is 39.2 Å². The van der Waals surface area contributed by atoms with Gasteiger partial charge in [0.15, 0.2) is 11.5 Å². The summed E-state index contributed by atoms with van der Waals surface area (Å²) in [5.41, 5.74) is 8.10. The minimum Gasteiger partial charge on any atom is -0.414 e. The molecule has 3 aromatic rings. The molecule has 4 rings (SSSR count). The largest absolute Gasteiger partial charge is 0.414 e. The zero-order chi connectivity index (χ0) is 23.6. The SMILES string of the molecule is CCC(=O)N1CCN(c2cnc(N)c(-c3nnc(-c4ccc(CNC)cc4)o3)n2)CC1(C)C. The predicted octanol–water partition coefficient (Wildman–Crippen LogP) is 2.33. The second-order valence-electron chi connectivity index (χ2n) is 8.73. The molecule has 3 heterocycles. The molecular formula is C23H30N8O2. The summed E-state index contributed by atoms with van der Waals surface area (Å²) in [6, 6.07) is 7.90. The van der Waals surface area contributed by atoms with Crippen molar-refractivity contribution in [3.05, 3.63) is 36.0 Å². The molecule has 0 spiro atoms. The van der Waals surface area contributed by atoms with Gasteiger partial charge in [0.25, 0.3) is 5.89 Å². The summed E-state index contributed by atoms with van der Waals surface area (Å²) in [5, 5.41) is 11.5. The van der Waals surface area contributed by atoms with Crippen LogP contribution in [0.15, 0.2) is 34.9 Å². The van der Waals surface area contributed by atoms with E-state index in [1.807, 2.05) is 43.1 Å². The highest BCUT2D eigenvalue weighted by Crippen LogP contribution is 2.30. The molecule has 1 fully saturated rings. The first-order chi connectivity index (χ1) is 15.8. The number of amides is 1. The topological polar surface area (TPSA) is 126 Å². The zero-order valence-electron chi connectivity index (χ0n) is 19.5.